The molecule has 0 bridgehead atoms. The van der Waals surface area contributed by atoms with Crippen LogP contribution in [0, 0.1) is 6.92 Å². The zero-order valence-corrected chi connectivity index (χ0v) is 13.1. The standard InChI is InChI=1S/C15H21N3OS/c1-4-13-17-14(16-5-2)11(3)15(18-13)19-9-8-12-7-6-10-20-12/h6-7,10H,4-5,8-9H2,1-3H3,(H,16,17,18). The van der Waals surface area contributed by atoms with Gasteiger partial charge in [0.25, 0.3) is 0 Å². The molecule has 0 unspecified atom stereocenters. The molecule has 0 aromatic carbocycles. The van der Waals surface area contributed by atoms with Crippen molar-refractivity contribution >= 4 is 17.2 Å². The molecule has 0 saturated carbocycles. The number of nitrogens with zero attached hydrogens (tertiary/aromatic N) is 2. The highest BCUT2D eigenvalue weighted by atomic mass is 32.1. The van der Waals surface area contributed by atoms with Gasteiger partial charge in [-0.25, -0.2) is 4.98 Å². The van der Waals surface area contributed by atoms with Gasteiger partial charge in [0.15, 0.2) is 0 Å². The van der Waals surface area contributed by atoms with Gasteiger partial charge in [0.1, 0.15) is 11.6 Å². The first kappa shape index (κ1) is 14.8. The first-order valence-corrected chi connectivity index (χ1v) is 7.89. The molecular formula is C15H21N3OS. The van der Waals surface area contributed by atoms with E-state index in [9.17, 15) is 0 Å². The van der Waals surface area contributed by atoms with E-state index in [4.69, 9.17) is 4.74 Å². The lowest BCUT2D eigenvalue weighted by molar-refractivity contribution is 0.306. The molecule has 2 aromatic rings. The summed E-state index contributed by atoms with van der Waals surface area (Å²) in [5.74, 6) is 2.40. The summed E-state index contributed by atoms with van der Waals surface area (Å²) in [5, 5.41) is 5.35. The molecule has 108 valence electrons. The molecule has 2 rings (SSSR count). The quantitative estimate of drug-likeness (QED) is 0.848. The van der Waals surface area contributed by atoms with Gasteiger partial charge in [-0.05, 0) is 25.3 Å². The van der Waals surface area contributed by atoms with E-state index in [1.54, 1.807) is 11.3 Å². The molecule has 20 heavy (non-hydrogen) atoms. The number of ether oxygens (including phenoxy) is 1. The largest absolute Gasteiger partial charge is 0.477 e. The number of aromatic nitrogens is 2. The smallest absolute Gasteiger partial charge is 0.221 e. The van der Waals surface area contributed by atoms with Gasteiger partial charge in [0, 0.05) is 24.3 Å². The summed E-state index contributed by atoms with van der Waals surface area (Å²) >= 11 is 1.76. The number of aryl methyl sites for hydroxylation is 1. The van der Waals surface area contributed by atoms with Crippen LogP contribution in [0.5, 0.6) is 5.88 Å². The maximum Gasteiger partial charge on any atom is 0.221 e. The van der Waals surface area contributed by atoms with Crippen molar-refractivity contribution in [1.29, 1.82) is 0 Å². The van der Waals surface area contributed by atoms with Gasteiger partial charge in [0.2, 0.25) is 5.88 Å². The summed E-state index contributed by atoms with van der Waals surface area (Å²) in [5.41, 5.74) is 0.982. The molecule has 0 fully saturated rings. The first-order chi connectivity index (χ1) is 9.74. The minimum absolute atomic E-state index is 0.646. The summed E-state index contributed by atoms with van der Waals surface area (Å²) < 4.78 is 5.86. The molecule has 5 heteroatoms. The number of hydrogen-bond acceptors (Lipinski definition) is 5. The van der Waals surface area contributed by atoms with Crippen LogP contribution in [-0.2, 0) is 12.8 Å². The lowest BCUT2D eigenvalue weighted by atomic mass is 10.3. The van der Waals surface area contributed by atoms with Gasteiger partial charge in [-0.1, -0.05) is 13.0 Å². The molecule has 0 saturated heterocycles. The Hall–Kier alpha value is -1.62. The van der Waals surface area contributed by atoms with E-state index in [0.717, 1.165) is 36.6 Å². The summed E-state index contributed by atoms with van der Waals surface area (Å²) in [6.07, 6.45) is 1.72. The van der Waals surface area contributed by atoms with Crippen molar-refractivity contribution in [3.63, 3.8) is 0 Å². The van der Waals surface area contributed by atoms with E-state index >= 15 is 0 Å². The molecule has 0 spiro atoms. The molecule has 0 atom stereocenters. The van der Waals surface area contributed by atoms with Crippen LogP contribution in [0.15, 0.2) is 17.5 Å². The maximum absolute atomic E-state index is 5.86. The van der Waals surface area contributed by atoms with Crippen molar-refractivity contribution in [2.45, 2.75) is 33.6 Å². The third-order valence-corrected chi connectivity index (χ3v) is 3.91. The summed E-state index contributed by atoms with van der Waals surface area (Å²) in [6.45, 7) is 7.60. The van der Waals surface area contributed by atoms with Crippen LogP contribution in [0.3, 0.4) is 0 Å². The summed E-state index contributed by atoms with van der Waals surface area (Å²) in [6, 6.07) is 4.19. The lowest BCUT2D eigenvalue weighted by Crippen LogP contribution is -2.10. The normalized spacial score (nSPS) is 10.6. The van der Waals surface area contributed by atoms with Crippen molar-refractivity contribution in [2.75, 3.05) is 18.5 Å². The molecule has 0 aliphatic heterocycles. The van der Waals surface area contributed by atoms with Crippen LogP contribution in [0.2, 0.25) is 0 Å². The highest BCUT2D eigenvalue weighted by molar-refractivity contribution is 7.09. The van der Waals surface area contributed by atoms with Crippen molar-refractivity contribution < 1.29 is 4.74 Å². The van der Waals surface area contributed by atoms with Crippen LogP contribution in [0.4, 0.5) is 5.82 Å². The van der Waals surface area contributed by atoms with E-state index in [1.807, 2.05) is 6.92 Å². The van der Waals surface area contributed by atoms with E-state index in [2.05, 4.69) is 46.6 Å². The fourth-order valence-corrected chi connectivity index (χ4v) is 2.57. The molecule has 2 aromatic heterocycles. The van der Waals surface area contributed by atoms with Gasteiger partial charge in [-0.2, -0.15) is 4.98 Å². The lowest BCUT2D eigenvalue weighted by Gasteiger charge is -2.13. The van der Waals surface area contributed by atoms with Gasteiger partial charge >= 0.3 is 0 Å². The van der Waals surface area contributed by atoms with Crippen LogP contribution < -0.4 is 10.1 Å². The average molecular weight is 291 g/mol. The Labute approximate surface area is 124 Å². The Morgan fingerprint density at radius 1 is 1.30 bits per heavy atom. The molecule has 1 N–H and O–H groups in total. The summed E-state index contributed by atoms with van der Waals surface area (Å²) in [7, 11) is 0. The third kappa shape index (κ3) is 3.70. The molecule has 4 nitrogen and oxygen atoms in total. The minimum Gasteiger partial charge on any atom is -0.477 e. The van der Waals surface area contributed by atoms with Crippen LogP contribution in [0.1, 0.15) is 30.1 Å². The van der Waals surface area contributed by atoms with Crippen molar-refractivity contribution in [2.24, 2.45) is 0 Å². The van der Waals surface area contributed by atoms with E-state index in [-0.39, 0.29) is 0 Å². The predicted octanol–water partition coefficient (Wildman–Crippen LogP) is 3.46. The van der Waals surface area contributed by atoms with Crippen molar-refractivity contribution in [1.82, 2.24) is 9.97 Å². The first-order valence-electron chi connectivity index (χ1n) is 7.01. The highest BCUT2D eigenvalue weighted by Gasteiger charge is 2.11. The van der Waals surface area contributed by atoms with Gasteiger partial charge in [0.05, 0.1) is 12.2 Å². The highest BCUT2D eigenvalue weighted by Crippen LogP contribution is 2.22. The van der Waals surface area contributed by atoms with Gasteiger partial charge in [-0.15, -0.1) is 11.3 Å². The Morgan fingerprint density at radius 2 is 2.15 bits per heavy atom. The second-order valence-corrected chi connectivity index (χ2v) is 5.51. The number of anilines is 1. The topological polar surface area (TPSA) is 47.0 Å². The third-order valence-electron chi connectivity index (χ3n) is 2.98. The SMILES string of the molecule is CCNc1nc(CC)nc(OCCc2cccs2)c1C. The maximum atomic E-state index is 5.86. The summed E-state index contributed by atoms with van der Waals surface area (Å²) in [4.78, 5) is 10.3. The van der Waals surface area contributed by atoms with Crippen molar-refractivity contribution in [3.8, 4) is 5.88 Å². The Kier molecular flexibility index (Phi) is 5.35. The molecule has 2 heterocycles. The van der Waals surface area contributed by atoms with Crippen LogP contribution in [0.25, 0.3) is 0 Å². The Bertz CT molecular complexity index is 540. The number of hydrogen-bond donors (Lipinski definition) is 1. The molecule has 0 aliphatic carbocycles. The fraction of sp³-hybridized carbons (Fsp3) is 0.467. The van der Waals surface area contributed by atoms with Gasteiger partial charge in [-0.3, -0.25) is 0 Å². The zero-order valence-electron chi connectivity index (χ0n) is 12.3. The van der Waals surface area contributed by atoms with Crippen LogP contribution >= 0.6 is 11.3 Å². The van der Waals surface area contributed by atoms with Crippen LogP contribution in [-0.4, -0.2) is 23.1 Å². The predicted molar refractivity (Wildman–Crippen MR) is 83.8 cm³/mol. The second-order valence-electron chi connectivity index (χ2n) is 4.48. The zero-order chi connectivity index (χ0) is 14.4. The minimum atomic E-state index is 0.646. The Balaban J connectivity index is 2.07. The van der Waals surface area contributed by atoms with E-state index in [0.29, 0.717) is 12.5 Å². The number of nitrogens with one attached hydrogen (secondary N) is 1. The van der Waals surface area contributed by atoms with E-state index < -0.39 is 0 Å². The van der Waals surface area contributed by atoms with Crippen molar-refractivity contribution in [3.05, 3.63) is 33.8 Å². The second kappa shape index (κ2) is 7.24. The number of rotatable bonds is 7. The monoisotopic (exact) mass is 291 g/mol. The fourth-order valence-electron chi connectivity index (χ4n) is 1.88. The molecular weight excluding hydrogens is 270 g/mol. The molecule has 0 aliphatic rings. The van der Waals surface area contributed by atoms with Gasteiger partial charge < -0.3 is 10.1 Å². The van der Waals surface area contributed by atoms with E-state index in [1.165, 1.54) is 4.88 Å². The number of thiophene rings is 1. The Morgan fingerprint density at radius 3 is 2.80 bits per heavy atom. The molecule has 0 amide bonds. The average Bonchev–Trinajstić information content (AvgIpc) is 2.96. The molecule has 0 radical (unpaired) electrons.